The van der Waals surface area contributed by atoms with Gasteiger partial charge < -0.3 is 4.90 Å². The molecule has 0 aromatic heterocycles. The molecule has 1 saturated heterocycles. The number of nitrogens with zero attached hydrogens (tertiary/aromatic N) is 1. The number of amides is 1. The van der Waals surface area contributed by atoms with Gasteiger partial charge in [-0.3, -0.25) is 4.79 Å². The van der Waals surface area contributed by atoms with E-state index in [0.717, 1.165) is 6.41 Å². The maximum Gasteiger partial charge on any atom is 0.329 e. The summed E-state index contributed by atoms with van der Waals surface area (Å²) in [6.07, 6.45) is 0.998. The quantitative estimate of drug-likeness (QED) is 0.529. The molecule has 11 heavy (non-hydrogen) atoms. The van der Waals surface area contributed by atoms with Gasteiger partial charge >= 0.3 is 18.3 Å². The second-order valence-corrected chi connectivity index (χ2v) is 2.36. The molecule has 1 aliphatic rings. The van der Waals surface area contributed by atoms with Crippen molar-refractivity contribution in [2.75, 3.05) is 13.1 Å². The third-order valence-corrected chi connectivity index (χ3v) is 1.44. The van der Waals surface area contributed by atoms with Crippen LogP contribution in [-0.4, -0.2) is 36.2 Å². The highest BCUT2D eigenvalue weighted by molar-refractivity contribution is 5.49. The lowest BCUT2D eigenvalue weighted by Crippen LogP contribution is -2.38. The third-order valence-electron chi connectivity index (χ3n) is 1.44. The van der Waals surface area contributed by atoms with Crippen molar-refractivity contribution in [2.45, 2.75) is 11.8 Å². The predicted octanol–water partition coefficient (Wildman–Crippen LogP) is 0.640. The Morgan fingerprint density at radius 1 is 1.09 bits per heavy atom. The van der Waals surface area contributed by atoms with E-state index in [1.807, 2.05) is 0 Å². The number of halogens is 4. The van der Waals surface area contributed by atoms with Crippen LogP contribution in [0.25, 0.3) is 0 Å². The van der Waals surface area contributed by atoms with Gasteiger partial charge in [0, 0.05) is 0 Å². The van der Waals surface area contributed by atoms with Crippen molar-refractivity contribution >= 4 is 6.41 Å². The summed E-state index contributed by atoms with van der Waals surface area (Å²) in [6.45, 7) is -2.49. The zero-order valence-electron chi connectivity index (χ0n) is 5.28. The number of hydrogen-bond donors (Lipinski definition) is 0. The van der Waals surface area contributed by atoms with Gasteiger partial charge in [-0.2, -0.15) is 17.6 Å². The number of hydrogen-bond acceptors (Lipinski definition) is 1. The molecule has 2 nitrogen and oxygen atoms in total. The van der Waals surface area contributed by atoms with Crippen molar-refractivity contribution < 1.29 is 22.4 Å². The highest BCUT2D eigenvalue weighted by atomic mass is 19.3. The van der Waals surface area contributed by atoms with Gasteiger partial charge in [-0.25, -0.2) is 0 Å². The second-order valence-electron chi connectivity index (χ2n) is 2.36. The molecule has 0 atom stereocenters. The van der Waals surface area contributed by atoms with Gasteiger partial charge in [0.2, 0.25) is 0 Å². The fourth-order valence-corrected chi connectivity index (χ4v) is 0.831. The average Bonchev–Trinajstić information content (AvgIpc) is 2.03. The molecular weight excluding hydrogens is 166 g/mol. The Kier molecular flexibility index (Phi) is 1.57. The van der Waals surface area contributed by atoms with Crippen LogP contribution in [0.3, 0.4) is 0 Å². The lowest BCUT2D eigenvalue weighted by molar-refractivity contribution is -0.172. The Morgan fingerprint density at radius 3 is 1.64 bits per heavy atom. The van der Waals surface area contributed by atoms with Gasteiger partial charge in [0.25, 0.3) is 0 Å². The molecule has 0 unspecified atom stereocenters. The molecule has 0 bridgehead atoms. The molecule has 1 fully saturated rings. The SMILES string of the molecule is O=[C]N1CC(F)(F)C(F)(F)C1. The Morgan fingerprint density at radius 2 is 1.45 bits per heavy atom. The molecule has 1 radical (unpaired) electrons. The van der Waals surface area contributed by atoms with Crippen LogP contribution < -0.4 is 0 Å². The van der Waals surface area contributed by atoms with E-state index >= 15 is 0 Å². The van der Waals surface area contributed by atoms with Crippen LogP contribution in [0.2, 0.25) is 0 Å². The van der Waals surface area contributed by atoms with Crippen molar-refractivity contribution in [3.63, 3.8) is 0 Å². The van der Waals surface area contributed by atoms with E-state index in [0.29, 0.717) is 0 Å². The van der Waals surface area contributed by atoms with Gasteiger partial charge in [0.05, 0.1) is 13.1 Å². The number of likely N-dealkylation sites (tertiary alicyclic amines) is 1. The van der Waals surface area contributed by atoms with E-state index in [1.54, 1.807) is 0 Å². The summed E-state index contributed by atoms with van der Waals surface area (Å²) >= 11 is 0. The standard InChI is InChI=1S/C5H4F4NO/c6-4(7)1-10(3-11)2-5(4,8)9/h1-2H2. The van der Waals surface area contributed by atoms with E-state index in [-0.39, 0.29) is 4.90 Å². The topological polar surface area (TPSA) is 20.3 Å². The molecule has 1 rings (SSSR count). The summed E-state index contributed by atoms with van der Waals surface area (Å²) in [5.41, 5.74) is 0. The molecular formula is C5H4F4NO. The summed E-state index contributed by atoms with van der Waals surface area (Å²) < 4.78 is 48.8. The van der Waals surface area contributed by atoms with Gasteiger partial charge in [-0.1, -0.05) is 0 Å². The molecule has 0 saturated carbocycles. The van der Waals surface area contributed by atoms with Crippen molar-refractivity contribution in [2.24, 2.45) is 0 Å². The lowest BCUT2D eigenvalue weighted by Gasteiger charge is -2.14. The Hall–Kier alpha value is -0.810. The normalized spacial score (nSPS) is 27.1. The van der Waals surface area contributed by atoms with Crippen molar-refractivity contribution in [1.29, 1.82) is 0 Å². The number of rotatable bonds is 1. The smallest absolute Gasteiger partial charge is 0.322 e. The van der Waals surface area contributed by atoms with Crippen molar-refractivity contribution in [3.8, 4) is 0 Å². The maximum absolute atomic E-state index is 12.2. The summed E-state index contributed by atoms with van der Waals surface area (Å²) in [6, 6.07) is 0. The molecule has 0 aromatic rings. The largest absolute Gasteiger partial charge is 0.329 e. The Bertz CT molecular complexity index is 165. The first kappa shape index (κ1) is 8.29. The number of alkyl halides is 4. The second kappa shape index (κ2) is 2.09. The fourth-order valence-electron chi connectivity index (χ4n) is 0.831. The fraction of sp³-hybridized carbons (Fsp3) is 0.800. The van der Waals surface area contributed by atoms with Crippen LogP contribution in [-0.2, 0) is 4.79 Å². The Balaban J connectivity index is 2.79. The number of carbonyl (C=O) groups excluding carboxylic acids is 1. The maximum atomic E-state index is 12.2. The van der Waals surface area contributed by atoms with Crippen LogP contribution in [0.1, 0.15) is 0 Å². The zero-order chi connectivity index (χ0) is 8.70. The van der Waals surface area contributed by atoms with Gasteiger partial charge in [-0.15, -0.1) is 0 Å². The monoisotopic (exact) mass is 170 g/mol. The highest BCUT2D eigenvalue weighted by Gasteiger charge is 2.62. The van der Waals surface area contributed by atoms with Crippen LogP contribution >= 0.6 is 0 Å². The molecule has 0 N–H and O–H groups in total. The molecule has 1 amide bonds. The van der Waals surface area contributed by atoms with Gasteiger partial charge in [0.1, 0.15) is 0 Å². The van der Waals surface area contributed by atoms with E-state index in [1.165, 1.54) is 0 Å². The third kappa shape index (κ3) is 1.17. The van der Waals surface area contributed by atoms with Crippen molar-refractivity contribution in [3.05, 3.63) is 0 Å². The Labute approximate surface area is 59.8 Å². The van der Waals surface area contributed by atoms with Crippen molar-refractivity contribution in [1.82, 2.24) is 4.90 Å². The minimum absolute atomic E-state index is 0.236. The first-order valence-electron chi connectivity index (χ1n) is 2.77. The predicted molar refractivity (Wildman–Crippen MR) is 27.2 cm³/mol. The minimum atomic E-state index is -4.11. The summed E-state index contributed by atoms with van der Waals surface area (Å²) in [5.74, 6) is -8.21. The van der Waals surface area contributed by atoms with Gasteiger partial charge in [-0.05, 0) is 0 Å². The van der Waals surface area contributed by atoms with Crippen LogP contribution in [0.4, 0.5) is 17.6 Å². The average molecular weight is 170 g/mol. The molecule has 0 aromatic carbocycles. The molecule has 0 spiro atoms. The molecule has 0 aliphatic carbocycles. The zero-order valence-corrected chi connectivity index (χ0v) is 5.28. The molecule has 1 heterocycles. The van der Waals surface area contributed by atoms with E-state index in [4.69, 9.17) is 0 Å². The van der Waals surface area contributed by atoms with Crippen LogP contribution in [0.15, 0.2) is 0 Å². The van der Waals surface area contributed by atoms with E-state index in [9.17, 15) is 22.4 Å². The molecule has 1 aliphatic heterocycles. The first-order chi connectivity index (χ1) is 4.89. The summed E-state index contributed by atoms with van der Waals surface area (Å²) in [4.78, 5) is 9.95. The summed E-state index contributed by atoms with van der Waals surface area (Å²) in [5, 5.41) is 0. The molecule has 6 heteroatoms. The molecule has 63 valence electrons. The minimum Gasteiger partial charge on any atom is -0.322 e. The van der Waals surface area contributed by atoms with Crippen LogP contribution in [0, 0.1) is 0 Å². The highest BCUT2D eigenvalue weighted by Crippen LogP contribution is 2.40. The first-order valence-corrected chi connectivity index (χ1v) is 2.77. The van der Waals surface area contributed by atoms with E-state index < -0.39 is 24.9 Å². The summed E-state index contributed by atoms with van der Waals surface area (Å²) in [7, 11) is 0. The van der Waals surface area contributed by atoms with Crippen LogP contribution in [0.5, 0.6) is 0 Å². The van der Waals surface area contributed by atoms with Gasteiger partial charge in [0.15, 0.2) is 0 Å². The lowest BCUT2D eigenvalue weighted by atomic mass is 10.2. The van der Waals surface area contributed by atoms with E-state index in [2.05, 4.69) is 0 Å².